The number of nitrogens with two attached hydrogens (primary N) is 1. The van der Waals surface area contributed by atoms with Crippen molar-refractivity contribution < 1.29 is 9.72 Å². The number of nitro groups is 1. The van der Waals surface area contributed by atoms with Gasteiger partial charge in [-0.15, -0.1) is 10.2 Å². The number of carbonyl (C=O) groups is 1. The van der Waals surface area contributed by atoms with Gasteiger partial charge < -0.3 is 11.2 Å². The molecule has 3 aromatic rings. The summed E-state index contributed by atoms with van der Waals surface area (Å²) in [6.07, 6.45) is 0. The molecule has 0 aliphatic rings. The summed E-state index contributed by atoms with van der Waals surface area (Å²) in [5.41, 5.74) is 0.431. The number of benzene rings is 2. The molecule has 0 spiro atoms. The molecule has 0 saturated heterocycles. The van der Waals surface area contributed by atoms with Crippen LogP contribution in [0.3, 0.4) is 0 Å². The Balaban J connectivity index is 1.68. The Morgan fingerprint density at radius 3 is 2.68 bits per heavy atom. The molecule has 2 aromatic carbocycles. The first-order chi connectivity index (χ1) is 13.3. The van der Waals surface area contributed by atoms with E-state index in [9.17, 15) is 14.9 Å². The normalized spacial score (nSPS) is 10.6. The molecular weight excluding hydrogens is 427 g/mol. The number of hydrogen-bond acceptors (Lipinski definition) is 7. The van der Waals surface area contributed by atoms with Crippen molar-refractivity contribution in [3.63, 3.8) is 0 Å². The highest BCUT2D eigenvalue weighted by Gasteiger charge is 2.18. The number of nitrogen functional groups attached to an aromatic ring is 1. The Bertz CT molecular complexity index is 1060. The van der Waals surface area contributed by atoms with Gasteiger partial charge in [0.2, 0.25) is 11.1 Å². The van der Waals surface area contributed by atoms with E-state index < -0.39 is 10.8 Å². The fourth-order valence-corrected chi connectivity index (χ4v) is 3.29. The number of amides is 1. The highest BCUT2D eigenvalue weighted by Crippen LogP contribution is 2.28. The predicted molar refractivity (Wildman–Crippen MR) is 108 cm³/mol. The highest BCUT2D eigenvalue weighted by molar-refractivity contribution is 7.99. The first kappa shape index (κ1) is 19.9. The van der Waals surface area contributed by atoms with Gasteiger partial charge in [0.25, 0.3) is 5.69 Å². The van der Waals surface area contributed by atoms with E-state index in [1.54, 1.807) is 24.3 Å². The van der Waals surface area contributed by atoms with Gasteiger partial charge in [-0.1, -0.05) is 47.1 Å². The van der Waals surface area contributed by atoms with Crippen LogP contribution in [0.25, 0.3) is 11.4 Å². The van der Waals surface area contributed by atoms with Crippen LogP contribution in [-0.4, -0.2) is 31.5 Å². The second-order valence-corrected chi connectivity index (χ2v) is 7.26. The molecular formula is C16H12Cl2N6O3S. The molecule has 0 fully saturated rings. The van der Waals surface area contributed by atoms with Crippen molar-refractivity contribution >= 4 is 52.2 Å². The second kappa shape index (κ2) is 8.46. The summed E-state index contributed by atoms with van der Waals surface area (Å²) < 4.78 is 1.24. The van der Waals surface area contributed by atoms with Crippen molar-refractivity contribution in [3.8, 4) is 11.4 Å². The molecule has 0 bridgehead atoms. The molecule has 28 heavy (non-hydrogen) atoms. The lowest BCUT2D eigenvalue weighted by Gasteiger charge is -2.06. The molecule has 3 N–H and O–H groups in total. The number of halogens is 2. The lowest BCUT2D eigenvalue weighted by molar-refractivity contribution is -0.383. The number of nitro benzene ring substituents is 1. The summed E-state index contributed by atoms with van der Waals surface area (Å²) >= 11 is 12.8. The van der Waals surface area contributed by atoms with Crippen LogP contribution < -0.4 is 11.2 Å². The number of rotatable bonds is 6. The van der Waals surface area contributed by atoms with Crippen molar-refractivity contribution in [2.24, 2.45) is 0 Å². The molecule has 9 nitrogen and oxygen atoms in total. The summed E-state index contributed by atoms with van der Waals surface area (Å²) in [7, 11) is 0. The van der Waals surface area contributed by atoms with Gasteiger partial charge in [-0.3, -0.25) is 14.9 Å². The molecule has 1 amide bonds. The summed E-state index contributed by atoms with van der Waals surface area (Å²) in [6, 6.07) is 10.9. The van der Waals surface area contributed by atoms with Gasteiger partial charge in [-0.2, -0.15) is 0 Å². The largest absolute Gasteiger partial charge is 0.335 e. The Morgan fingerprint density at radius 2 is 1.96 bits per heavy atom. The van der Waals surface area contributed by atoms with Crippen LogP contribution in [0.2, 0.25) is 10.0 Å². The fraction of sp³-hybridized carbons (Fsp3) is 0.0625. The van der Waals surface area contributed by atoms with E-state index in [1.165, 1.54) is 16.8 Å². The summed E-state index contributed by atoms with van der Waals surface area (Å²) in [6.45, 7) is 0. The van der Waals surface area contributed by atoms with E-state index >= 15 is 0 Å². The summed E-state index contributed by atoms with van der Waals surface area (Å²) in [4.78, 5) is 22.6. The fourth-order valence-electron chi connectivity index (χ4n) is 2.28. The number of thioether (sulfide) groups is 1. The number of carbonyl (C=O) groups excluding carboxylic acids is 1. The predicted octanol–water partition coefficient (Wildman–Crippen LogP) is 3.60. The number of hydrogen-bond donors (Lipinski definition) is 2. The lowest BCUT2D eigenvalue weighted by atomic mass is 10.2. The Hall–Kier alpha value is -2.82. The molecule has 0 radical (unpaired) electrons. The van der Waals surface area contributed by atoms with Crippen molar-refractivity contribution in [2.75, 3.05) is 16.9 Å². The van der Waals surface area contributed by atoms with Crippen LogP contribution >= 0.6 is 35.0 Å². The van der Waals surface area contributed by atoms with E-state index in [0.29, 0.717) is 21.6 Å². The zero-order chi connectivity index (χ0) is 20.3. The number of nitrogens with zero attached hydrogens (tertiary/aromatic N) is 4. The minimum absolute atomic E-state index is 0.0498. The Labute approximate surface area is 173 Å². The lowest BCUT2D eigenvalue weighted by Crippen LogP contribution is -2.17. The van der Waals surface area contributed by atoms with Crippen molar-refractivity contribution in [1.29, 1.82) is 0 Å². The van der Waals surface area contributed by atoms with Crippen molar-refractivity contribution in [3.05, 3.63) is 62.6 Å². The van der Waals surface area contributed by atoms with Gasteiger partial charge in [-0.05, 0) is 24.3 Å². The SMILES string of the molecule is Nn1c(SCC(=O)Nc2ccc(Cl)cc2[N+](=O)[O-])nnc1-c1cccc(Cl)c1. The van der Waals surface area contributed by atoms with E-state index in [0.717, 1.165) is 17.8 Å². The zero-order valence-electron chi connectivity index (χ0n) is 14.0. The molecule has 0 aliphatic heterocycles. The zero-order valence-corrected chi connectivity index (χ0v) is 16.3. The molecule has 0 atom stereocenters. The maximum atomic E-state index is 12.2. The van der Waals surface area contributed by atoms with Crippen molar-refractivity contribution in [1.82, 2.24) is 14.9 Å². The average Bonchev–Trinajstić information content (AvgIpc) is 3.02. The van der Waals surface area contributed by atoms with Crippen molar-refractivity contribution in [2.45, 2.75) is 5.16 Å². The quantitative estimate of drug-likeness (QED) is 0.260. The van der Waals surface area contributed by atoms with E-state index in [4.69, 9.17) is 29.0 Å². The van der Waals surface area contributed by atoms with Gasteiger partial charge in [-0.25, -0.2) is 4.68 Å². The van der Waals surface area contributed by atoms with Crippen LogP contribution in [-0.2, 0) is 4.79 Å². The van der Waals surface area contributed by atoms with Crippen LogP contribution in [0.15, 0.2) is 47.6 Å². The average molecular weight is 439 g/mol. The van der Waals surface area contributed by atoms with Gasteiger partial charge in [0, 0.05) is 21.7 Å². The molecule has 1 aromatic heterocycles. The first-order valence-corrected chi connectivity index (χ1v) is 9.42. The molecule has 144 valence electrons. The van der Waals surface area contributed by atoms with Crippen LogP contribution in [0.5, 0.6) is 0 Å². The van der Waals surface area contributed by atoms with Crippen LogP contribution in [0.4, 0.5) is 11.4 Å². The first-order valence-electron chi connectivity index (χ1n) is 7.68. The molecule has 1 heterocycles. The molecule has 0 unspecified atom stereocenters. The van der Waals surface area contributed by atoms with E-state index in [2.05, 4.69) is 15.5 Å². The molecule has 12 heteroatoms. The number of aromatic nitrogens is 3. The van der Waals surface area contributed by atoms with Gasteiger partial charge in [0.05, 0.1) is 10.7 Å². The Morgan fingerprint density at radius 1 is 1.21 bits per heavy atom. The summed E-state index contributed by atoms with van der Waals surface area (Å²) in [5.74, 6) is 5.84. The number of anilines is 1. The highest BCUT2D eigenvalue weighted by atomic mass is 35.5. The van der Waals surface area contributed by atoms with E-state index in [-0.39, 0.29) is 22.2 Å². The van der Waals surface area contributed by atoms with Gasteiger partial charge in [0.15, 0.2) is 5.82 Å². The summed E-state index contributed by atoms with van der Waals surface area (Å²) in [5, 5.41) is 22.6. The minimum Gasteiger partial charge on any atom is -0.335 e. The second-order valence-electron chi connectivity index (χ2n) is 5.44. The van der Waals surface area contributed by atoms with Gasteiger partial charge >= 0.3 is 0 Å². The monoisotopic (exact) mass is 438 g/mol. The third-order valence-corrected chi connectivity index (χ3v) is 4.92. The molecule has 0 saturated carbocycles. The van der Waals surface area contributed by atoms with Gasteiger partial charge in [0.1, 0.15) is 5.69 Å². The smallest absolute Gasteiger partial charge is 0.294 e. The van der Waals surface area contributed by atoms with E-state index in [1.807, 2.05) is 0 Å². The molecule has 0 aliphatic carbocycles. The van der Waals surface area contributed by atoms with Crippen LogP contribution in [0, 0.1) is 10.1 Å². The third-order valence-electron chi connectivity index (χ3n) is 3.51. The topological polar surface area (TPSA) is 129 Å². The third kappa shape index (κ3) is 4.53. The minimum atomic E-state index is -0.623. The Kier molecular flexibility index (Phi) is 6.02. The number of nitrogens with one attached hydrogen (secondary N) is 1. The maximum Gasteiger partial charge on any atom is 0.294 e. The maximum absolute atomic E-state index is 12.2. The standard InChI is InChI=1S/C16H12Cl2N6O3S/c17-10-3-1-2-9(6-10)15-21-22-16(23(15)19)28-8-14(25)20-12-5-4-11(18)7-13(12)24(26)27/h1-7H,8,19H2,(H,20,25). The molecule has 3 rings (SSSR count). The van der Waals surface area contributed by atoms with Crippen LogP contribution in [0.1, 0.15) is 0 Å².